The Kier molecular flexibility index (Phi) is 5.79. The summed E-state index contributed by atoms with van der Waals surface area (Å²) < 4.78 is 7.30. The molecular formula is C20H18BrN3O4. The number of amides is 1. The molecule has 0 fully saturated rings. The first-order valence-corrected chi connectivity index (χ1v) is 9.25. The Labute approximate surface area is 169 Å². The van der Waals surface area contributed by atoms with E-state index in [2.05, 4.69) is 26.2 Å². The minimum atomic E-state index is -0.622. The lowest BCUT2D eigenvalue weighted by atomic mass is 10.2. The molecule has 0 saturated heterocycles. The third-order valence-corrected chi connectivity index (χ3v) is 4.71. The second kappa shape index (κ2) is 8.26. The summed E-state index contributed by atoms with van der Waals surface area (Å²) in [6.07, 6.45) is 1.61. The Morgan fingerprint density at radius 1 is 1.14 bits per heavy atom. The normalized spacial score (nSPS) is 10.5. The van der Waals surface area contributed by atoms with Crippen LogP contribution in [0, 0.1) is 13.8 Å². The van der Waals surface area contributed by atoms with Gasteiger partial charge >= 0.3 is 11.7 Å². The highest BCUT2D eigenvalue weighted by molar-refractivity contribution is 9.10. The Bertz CT molecular complexity index is 1080. The van der Waals surface area contributed by atoms with Crippen LogP contribution in [0.4, 0.5) is 5.69 Å². The number of anilines is 1. The van der Waals surface area contributed by atoms with Gasteiger partial charge < -0.3 is 15.0 Å². The van der Waals surface area contributed by atoms with Crippen LogP contribution in [-0.2, 0) is 9.53 Å². The van der Waals surface area contributed by atoms with Gasteiger partial charge in [-0.15, -0.1) is 0 Å². The third kappa shape index (κ3) is 4.40. The number of esters is 1. The van der Waals surface area contributed by atoms with E-state index in [9.17, 15) is 14.4 Å². The topological polar surface area (TPSA) is 93.2 Å². The SMILES string of the molecule is Cc1ccc(NC(=O)COC(=O)c2ccc(-n3c(C)c[nH]c3=O)cc2)c(Br)c1. The molecule has 2 aromatic carbocycles. The van der Waals surface area contributed by atoms with Gasteiger partial charge in [-0.2, -0.15) is 0 Å². The Balaban J connectivity index is 1.60. The number of carbonyl (C=O) groups excluding carboxylic acids is 2. The van der Waals surface area contributed by atoms with Gasteiger partial charge in [0.1, 0.15) is 0 Å². The molecule has 0 atom stereocenters. The van der Waals surface area contributed by atoms with E-state index in [-0.39, 0.29) is 11.3 Å². The Morgan fingerprint density at radius 3 is 2.46 bits per heavy atom. The molecule has 0 aliphatic rings. The van der Waals surface area contributed by atoms with Crippen molar-refractivity contribution in [1.82, 2.24) is 9.55 Å². The highest BCUT2D eigenvalue weighted by Crippen LogP contribution is 2.23. The summed E-state index contributed by atoms with van der Waals surface area (Å²) in [5, 5.41) is 2.68. The lowest BCUT2D eigenvalue weighted by molar-refractivity contribution is -0.119. The van der Waals surface area contributed by atoms with Crippen LogP contribution in [0.5, 0.6) is 0 Å². The van der Waals surface area contributed by atoms with E-state index in [4.69, 9.17) is 4.74 Å². The van der Waals surface area contributed by atoms with Gasteiger partial charge in [0.25, 0.3) is 5.91 Å². The number of halogens is 1. The molecule has 3 rings (SSSR count). The van der Waals surface area contributed by atoms with E-state index in [1.165, 1.54) is 4.57 Å². The number of aromatic amines is 1. The fourth-order valence-electron chi connectivity index (χ4n) is 2.65. The predicted octanol–water partition coefficient (Wildman–Crippen LogP) is 3.34. The van der Waals surface area contributed by atoms with Gasteiger partial charge in [0, 0.05) is 16.4 Å². The maximum Gasteiger partial charge on any atom is 0.338 e. The van der Waals surface area contributed by atoms with Crippen LogP contribution < -0.4 is 11.0 Å². The zero-order chi connectivity index (χ0) is 20.3. The van der Waals surface area contributed by atoms with Crippen molar-refractivity contribution in [3.63, 3.8) is 0 Å². The molecule has 3 aromatic rings. The van der Waals surface area contributed by atoms with Crippen molar-refractivity contribution in [3.05, 3.63) is 80.4 Å². The number of H-pyrrole nitrogens is 1. The molecule has 0 spiro atoms. The van der Waals surface area contributed by atoms with E-state index in [0.29, 0.717) is 11.4 Å². The molecule has 1 aromatic heterocycles. The van der Waals surface area contributed by atoms with E-state index in [1.54, 1.807) is 43.5 Å². The summed E-state index contributed by atoms with van der Waals surface area (Å²) in [6.45, 7) is 3.33. The first-order valence-electron chi connectivity index (χ1n) is 8.46. The molecule has 28 heavy (non-hydrogen) atoms. The number of rotatable bonds is 5. The average molecular weight is 444 g/mol. The Hall–Kier alpha value is -3.13. The van der Waals surface area contributed by atoms with Gasteiger partial charge in [0.15, 0.2) is 6.61 Å². The van der Waals surface area contributed by atoms with Gasteiger partial charge in [-0.05, 0) is 71.7 Å². The second-order valence-corrected chi connectivity index (χ2v) is 7.08. The second-order valence-electron chi connectivity index (χ2n) is 6.23. The molecule has 1 heterocycles. The fourth-order valence-corrected chi connectivity index (χ4v) is 3.24. The van der Waals surface area contributed by atoms with E-state index in [1.807, 2.05) is 19.1 Å². The van der Waals surface area contributed by atoms with Gasteiger partial charge in [0.2, 0.25) is 0 Å². The van der Waals surface area contributed by atoms with Crippen molar-refractivity contribution in [2.45, 2.75) is 13.8 Å². The smallest absolute Gasteiger partial charge is 0.338 e. The maximum absolute atomic E-state index is 12.2. The summed E-state index contributed by atoms with van der Waals surface area (Å²) in [5.41, 5.74) is 3.06. The molecule has 0 aliphatic heterocycles. The summed E-state index contributed by atoms with van der Waals surface area (Å²) in [7, 11) is 0. The van der Waals surface area contributed by atoms with E-state index < -0.39 is 18.5 Å². The number of nitrogens with zero attached hydrogens (tertiary/aromatic N) is 1. The highest BCUT2D eigenvalue weighted by atomic mass is 79.9. The number of aromatic nitrogens is 2. The van der Waals surface area contributed by atoms with Crippen LogP contribution in [0.3, 0.4) is 0 Å². The number of nitrogens with one attached hydrogen (secondary N) is 2. The number of aryl methyl sites for hydroxylation is 2. The van der Waals surface area contributed by atoms with Crippen molar-refractivity contribution in [1.29, 1.82) is 0 Å². The molecule has 2 N–H and O–H groups in total. The standard InChI is InChI=1S/C20H18BrN3O4/c1-12-3-8-17(16(21)9-12)23-18(25)11-28-19(26)14-4-6-15(7-5-14)24-13(2)10-22-20(24)27/h3-10H,11H2,1-2H3,(H,22,27)(H,23,25). The summed E-state index contributed by atoms with van der Waals surface area (Å²) in [5.74, 6) is -1.06. The predicted molar refractivity (Wildman–Crippen MR) is 109 cm³/mol. The molecule has 7 nitrogen and oxygen atoms in total. The van der Waals surface area contributed by atoms with Crippen molar-refractivity contribution in [2.75, 3.05) is 11.9 Å². The van der Waals surface area contributed by atoms with Crippen molar-refractivity contribution < 1.29 is 14.3 Å². The minimum absolute atomic E-state index is 0.258. The molecule has 8 heteroatoms. The fraction of sp³-hybridized carbons (Fsp3) is 0.150. The van der Waals surface area contributed by atoms with Gasteiger partial charge in [-0.1, -0.05) is 6.07 Å². The number of imidazole rings is 1. The molecular weight excluding hydrogens is 426 g/mol. The molecule has 0 unspecified atom stereocenters. The van der Waals surface area contributed by atoms with Gasteiger partial charge in [-0.3, -0.25) is 9.36 Å². The summed E-state index contributed by atoms with van der Waals surface area (Å²) in [6, 6.07) is 11.9. The highest BCUT2D eigenvalue weighted by Gasteiger charge is 2.12. The number of hydrogen-bond donors (Lipinski definition) is 2. The van der Waals surface area contributed by atoms with Crippen LogP contribution in [0.2, 0.25) is 0 Å². The van der Waals surface area contributed by atoms with E-state index in [0.717, 1.165) is 15.7 Å². The largest absolute Gasteiger partial charge is 0.452 e. The average Bonchev–Trinajstić information content (AvgIpc) is 3.00. The third-order valence-electron chi connectivity index (χ3n) is 4.05. The van der Waals surface area contributed by atoms with Crippen molar-refractivity contribution >= 4 is 33.5 Å². The lowest BCUT2D eigenvalue weighted by Gasteiger charge is -2.09. The van der Waals surface area contributed by atoms with Crippen LogP contribution in [0.15, 0.2) is 57.9 Å². The summed E-state index contributed by atoms with van der Waals surface area (Å²) in [4.78, 5) is 38.6. The lowest BCUT2D eigenvalue weighted by Crippen LogP contribution is -2.21. The molecule has 1 amide bonds. The van der Waals surface area contributed by atoms with Crippen LogP contribution in [-0.4, -0.2) is 28.0 Å². The number of hydrogen-bond acceptors (Lipinski definition) is 4. The number of benzene rings is 2. The quantitative estimate of drug-likeness (QED) is 0.591. The number of ether oxygens (including phenoxy) is 1. The van der Waals surface area contributed by atoms with Gasteiger partial charge in [-0.25, -0.2) is 9.59 Å². The zero-order valence-electron chi connectivity index (χ0n) is 15.3. The minimum Gasteiger partial charge on any atom is -0.452 e. The molecule has 144 valence electrons. The maximum atomic E-state index is 12.2. The molecule has 0 radical (unpaired) electrons. The molecule has 0 aliphatic carbocycles. The van der Waals surface area contributed by atoms with Crippen molar-refractivity contribution in [3.8, 4) is 5.69 Å². The van der Waals surface area contributed by atoms with Crippen LogP contribution in [0.1, 0.15) is 21.6 Å². The van der Waals surface area contributed by atoms with Gasteiger partial charge in [0.05, 0.1) is 16.9 Å². The first-order chi connectivity index (χ1) is 13.3. The van der Waals surface area contributed by atoms with Crippen LogP contribution in [0.25, 0.3) is 5.69 Å². The monoisotopic (exact) mass is 443 g/mol. The molecule has 0 saturated carbocycles. The number of carbonyl (C=O) groups is 2. The van der Waals surface area contributed by atoms with Crippen LogP contribution >= 0.6 is 15.9 Å². The van der Waals surface area contributed by atoms with E-state index >= 15 is 0 Å². The first kappa shape index (κ1) is 19.6. The Morgan fingerprint density at radius 2 is 1.86 bits per heavy atom. The van der Waals surface area contributed by atoms with Crippen molar-refractivity contribution in [2.24, 2.45) is 0 Å². The molecule has 0 bridgehead atoms. The summed E-state index contributed by atoms with van der Waals surface area (Å²) >= 11 is 3.38. The zero-order valence-corrected chi connectivity index (χ0v) is 16.9.